The maximum atomic E-state index is 11.8. The molecular weight excluding hydrogens is 384 g/mol. The van der Waals surface area contributed by atoms with E-state index < -0.39 is 11.6 Å². The van der Waals surface area contributed by atoms with Gasteiger partial charge < -0.3 is 19.3 Å². The third-order valence-electron chi connectivity index (χ3n) is 5.73. The highest BCUT2D eigenvalue weighted by atomic mass is 16.5. The van der Waals surface area contributed by atoms with Crippen molar-refractivity contribution in [3.8, 4) is 11.5 Å². The number of carbonyl (C=O) groups is 2. The Balaban J connectivity index is 1.27. The quantitative estimate of drug-likeness (QED) is 0.633. The molecular formula is C24H26O6. The molecule has 6 nitrogen and oxygen atoms in total. The van der Waals surface area contributed by atoms with E-state index in [2.05, 4.69) is 0 Å². The number of fused-ring (bicyclic) bond motifs is 1. The normalized spacial score (nSPS) is 20.2. The fourth-order valence-electron chi connectivity index (χ4n) is 4.18. The first-order valence-electron chi connectivity index (χ1n) is 10.4. The molecule has 1 unspecified atom stereocenters. The molecule has 30 heavy (non-hydrogen) atoms. The van der Waals surface area contributed by atoms with E-state index in [-0.39, 0.29) is 5.78 Å². The van der Waals surface area contributed by atoms with Crippen LogP contribution in [0, 0.1) is 0 Å². The van der Waals surface area contributed by atoms with E-state index in [1.165, 1.54) is 0 Å². The molecule has 0 amide bonds. The summed E-state index contributed by atoms with van der Waals surface area (Å²) >= 11 is 0. The van der Waals surface area contributed by atoms with Gasteiger partial charge in [0.2, 0.25) is 0 Å². The van der Waals surface area contributed by atoms with Crippen molar-refractivity contribution in [3.05, 3.63) is 59.2 Å². The lowest BCUT2D eigenvalue weighted by atomic mass is 9.91. The zero-order chi connectivity index (χ0) is 21.0. The zero-order valence-electron chi connectivity index (χ0n) is 16.9. The number of aliphatic carboxylic acids is 1. The summed E-state index contributed by atoms with van der Waals surface area (Å²) in [5.74, 6) is 0.775. The van der Waals surface area contributed by atoms with Crippen LogP contribution in [-0.4, -0.2) is 42.3 Å². The van der Waals surface area contributed by atoms with Crippen molar-refractivity contribution in [1.82, 2.24) is 0 Å². The number of rotatable bonds is 9. The van der Waals surface area contributed by atoms with Gasteiger partial charge in [0, 0.05) is 37.0 Å². The Morgan fingerprint density at radius 3 is 2.73 bits per heavy atom. The molecule has 2 aromatic rings. The van der Waals surface area contributed by atoms with Crippen molar-refractivity contribution in [2.24, 2.45) is 0 Å². The Morgan fingerprint density at radius 1 is 1.10 bits per heavy atom. The summed E-state index contributed by atoms with van der Waals surface area (Å²) in [6, 6.07) is 13.1. The van der Waals surface area contributed by atoms with Crippen LogP contribution in [0.25, 0.3) is 0 Å². The number of benzene rings is 2. The average molecular weight is 410 g/mol. The molecule has 0 spiro atoms. The first-order chi connectivity index (χ1) is 14.6. The lowest BCUT2D eigenvalue weighted by molar-refractivity contribution is -0.159. The summed E-state index contributed by atoms with van der Waals surface area (Å²) in [6.45, 7) is 1.47. The molecule has 0 radical (unpaired) electrons. The van der Waals surface area contributed by atoms with E-state index in [1.54, 1.807) is 0 Å². The van der Waals surface area contributed by atoms with Gasteiger partial charge in [0.15, 0.2) is 11.4 Å². The van der Waals surface area contributed by atoms with Gasteiger partial charge in [-0.15, -0.1) is 0 Å². The number of hydrogen-bond donors (Lipinski definition) is 1. The molecule has 1 atom stereocenters. The predicted octanol–water partition coefficient (Wildman–Crippen LogP) is 3.84. The highest BCUT2D eigenvalue weighted by Gasteiger charge is 2.42. The van der Waals surface area contributed by atoms with Gasteiger partial charge in [-0.05, 0) is 43.0 Å². The van der Waals surface area contributed by atoms with Gasteiger partial charge in [-0.25, -0.2) is 4.79 Å². The molecule has 2 aromatic carbocycles. The number of carbonyl (C=O) groups excluding carboxylic acids is 1. The van der Waals surface area contributed by atoms with Crippen molar-refractivity contribution in [2.75, 3.05) is 19.8 Å². The third kappa shape index (κ3) is 4.33. The molecule has 2 aliphatic rings. The highest BCUT2D eigenvalue weighted by Crippen LogP contribution is 2.32. The lowest BCUT2D eigenvalue weighted by Crippen LogP contribution is -2.40. The highest BCUT2D eigenvalue weighted by molar-refractivity contribution is 6.01. The molecule has 0 saturated carbocycles. The van der Waals surface area contributed by atoms with Crippen LogP contribution in [-0.2, 0) is 22.4 Å². The van der Waals surface area contributed by atoms with E-state index in [1.807, 2.05) is 42.5 Å². The summed E-state index contributed by atoms with van der Waals surface area (Å²) in [5.41, 5.74) is 1.56. The molecule has 1 heterocycles. The van der Waals surface area contributed by atoms with Crippen molar-refractivity contribution >= 4 is 11.8 Å². The molecule has 1 saturated heterocycles. The van der Waals surface area contributed by atoms with Gasteiger partial charge in [-0.1, -0.05) is 24.3 Å². The molecule has 0 bridgehead atoms. The predicted molar refractivity (Wildman–Crippen MR) is 110 cm³/mol. The van der Waals surface area contributed by atoms with Crippen molar-refractivity contribution in [2.45, 2.75) is 44.1 Å². The van der Waals surface area contributed by atoms with Gasteiger partial charge in [-0.2, -0.15) is 0 Å². The minimum atomic E-state index is -1.12. The summed E-state index contributed by atoms with van der Waals surface area (Å²) in [6.07, 6.45) is 3.63. The second kappa shape index (κ2) is 8.88. The van der Waals surface area contributed by atoms with E-state index in [0.29, 0.717) is 51.3 Å². The van der Waals surface area contributed by atoms with Gasteiger partial charge in [-0.3, -0.25) is 4.79 Å². The topological polar surface area (TPSA) is 82.1 Å². The Hall–Kier alpha value is -2.86. The average Bonchev–Trinajstić information content (AvgIpc) is 3.36. The number of hydrogen-bond acceptors (Lipinski definition) is 5. The summed E-state index contributed by atoms with van der Waals surface area (Å²) < 4.78 is 17.3. The van der Waals surface area contributed by atoms with Gasteiger partial charge in [0.1, 0.15) is 11.5 Å². The molecule has 0 aromatic heterocycles. The largest absolute Gasteiger partial charge is 0.493 e. The molecule has 6 heteroatoms. The molecule has 1 aliphatic carbocycles. The molecule has 1 fully saturated rings. The fraction of sp³-hybridized carbons (Fsp3) is 0.417. The molecule has 4 rings (SSSR count). The van der Waals surface area contributed by atoms with Crippen LogP contribution >= 0.6 is 0 Å². The molecule has 158 valence electrons. The number of carboxylic acids is 1. The Bertz CT molecular complexity index is 929. The maximum Gasteiger partial charge on any atom is 0.336 e. The molecule has 1 aliphatic heterocycles. The maximum absolute atomic E-state index is 11.8. The van der Waals surface area contributed by atoms with Crippen LogP contribution < -0.4 is 9.47 Å². The van der Waals surface area contributed by atoms with Crippen LogP contribution in [0.15, 0.2) is 42.5 Å². The van der Waals surface area contributed by atoms with Crippen LogP contribution in [0.2, 0.25) is 0 Å². The molecule has 1 N–H and O–H groups in total. The van der Waals surface area contributed by atoms with E-state index in [9.17, 15) is 14.7 Å². The Morgan fingerprint density at radius 2 is 1.93 bits per heavy atom. The van der Waals surface area contributed by atoms with E-state index in [0.717, 1.165) is 35.3 Å². The van der Waals surface area contributed by atoms with E-state index >= 15 is 0 Å². The number of Topliss-reactive ketones (excluding diaryl/α,β-unsaturated/α-hetero) is 1. The number of ether oxygens (including phenoxy) is 3. The monoisotopic (exact) mass is 410 g/mol. The zero-order valence-corrected chi connectivity index (χ0v) is 16.9. The van der Waals surface area contributed by atoms with Crippen molar-refractivity contribution in [1.29, 1.82) is 0 Å². The Kier molecular flexibility index (Phi) is 6.04. The number of ketones is 1. The van der Waals surface area contributed by atoms with E-state index in [4.69, 9.17) is 14.2 Å². The van der Waals surface area contributed by atoms with Crippen molar-refractivity contribution in [3.63, 3.8) is 0 Å². The smallest absolute Gasteiger partial charge is 0.336 e. The lowest BCUT2D eigenvalue weighted by Gasteiger charge is -2.23. The first kappa shape index (κ1) is 20.4. The SMILES string of the molecule is O=C1CCc2c(OCCCOc3cccc(CC4(C(=O)O)CCCO4)c3)cccc21. The minimum absolute atomic E-state index is 0.186. The van der Waals surface area contributed by atoms with Crippen LogP contribution in [0.1, 0.15) is 47.2 Å². The minimum Gasteiger partial charge on any atom is -0.493 e. The van der Waals surface area contributed by atoms with Gasteiger partial charge >= 0.3 is 5.97 Å². The van der Waals surface area contributed by atoms with Crippen LogP contribution in [0.4, 0.5) is 0 Å². The standard InChI is InChI=1S/C24H26O6/c25-21-10-9-20-19(21)7-2-8-22(20)29-13-4-12-28-18-6-1-5-17(15-18)16-24(23(26)27)11-3-14-30-24/h1-2,5-8,15H,3-4,9-14,16H2,(H,26,27). The Labute approximate surface area is 175 Å². The van der Waals surface area contributed by atoms with Crippen LogP contribution in [0.3, 0.4) is 0 Å². The summed E-state index contributed by atoms with van der Waals surface area (Å²) in [4.78, 5) is 23.5. The second-order valence-corrected chi connectivity index (χ2v) is 7.83. The fourth-order valence-corrected chi connectivity index (χ4v) is 4.18. The summed E-state index contributed by atoms with van der Waals surface area (Å²) in [5, 5.41) is 9.57. The first-order valence-corrected chi connectivity index (χ1v) is 10.4. The van der Waals surface area contributed by atoms with Crippen LogP contribution in [0.5, 0.6) is 11.5 Å². The second-order valence-electron chi connectivity index (χ2n) is 7.83. The summed E-state index contributed by atoms with van der Waals surface area (Å²) in [7, 11) is 0. The van der Waals surface area contributed by atoms with Crippen molar-refractivity contribution < 1.29 is 28.9 Å². The van der Waals surface area contributed by atoms with Gasteiger partial charge in [0.05, 0.1) is 13.2 Å². The number of carboxylic acid groups (broad SMARTS) is 1. The van der Waals surface area contributed by atoms with Gasteiger partial charge in [0.25, 0.3) is 0 Å². The third-order valence-corrected chi connectivity index (χ3v) is 5.73.